The monoisotopic (exact) mass is 401 g/mol. The molecule has 0 amide bonds. The Balaban J connectivity index is 1.83. The van der Waals surface area contributed by atoms with Gasteiger partial charge in [-0.3, -0.25) is 4.79 Å². The number of furan rings is 1. The third-order valence-electron chi connectivity index (χ3n) is 4.46. The van der Waals surface area contributed by atoms with Crippen molar-refractivity contribution >= 4 is 10.0 Å². The zero-order valence-corrected chi connectivity index (χ0v) is 17.1. The Bertz CT molecular complexity index is 1130. The van der Waals surface area contributed by atoms with Gasteiger partial charge in [0, 0.05) is 12.6 Å². The number of nitrogens with zero attached hydrogens (tertiary/aromatic N) is 2. The van der Waals surface area contributed by atoms with Crippen molar-refractivity contribution in [3.05, 3.63) is 69.7 Å². The first-order valence-corrected chi connectivity index (χ1v) is 10.4. The topological polar surface area (TPSA) is 94.2 Å². The van der Waals surface area contributed by atoms with Crippen LogP contribution in [-0.4, -0.2) is 24.7 Å². The highest BCUT2D eigenvalue weighted by molar-refractivity contribution is 7.89. The summed E-state index contributed by atoms with van der Waals surface area (Å²) in [5.41, 5.74) is 2.57. The first-order chi connectivity index (χ1) is 13.2. The number of aromatic nitrogens is 2. The maximum atomic E-state index is 12.8. The molecule has 0 bridgehead atoms. The molecule has 1 aromatic carbocycles. The van der Waals surface area contributed by atoms with E-state index in [2.05, 4.69) is 9.82 Å². The van der Waals surface area contributed by atoms with Crippen LogP contribution in [0.3, 0.4) is 0 Å². The maximum absolute atomic E-state index is 12.8. The lowest BCUT2D eigenvalue weighted by Crippen LogP contribution is -2.35. The van der Waals surface area contributed by atoms with Crippen molar-refractivity contribution in [3.63, 3.8) is 0 Å². The molecule has 0 spiro atoms. The van der Waals surface area contributed by atoms with Gasteiger partial charge in [0.15, 0.2) is 5.76 Å². The van der Waals surface area contributed by atoms with Crippen LogP contribution in [0.1, 0.15) is 29.7 Å². The molecular formula is C20H23N3O4S. The Kier molecular flexibility index (Phi) is 5.53. The maximum Gasteiger partial charge on any atom is 0.267 e. The number of aryl methyl sites for hydroxylation is 3. The fourth-order valence-electron chi connectivity index (χ4n) is 3.28. The Morgan fingerprint density at radius 2 is 1.82 bits per heavy atom. The van der Waals surface area contributed by atoms with Gasteiger partial charge in [0.1, 0.15) is 5.69 Å². The molecule has 0 saturated carbocycles. The van der Waals surface area contributed by atoms with Crippen LogP contribution in [0.25, 0.3) is 11.5 Å². The molecule has 148 valence electrons. The van der Waals surface area contributed by atoms with Gasteiger partial charge >= 0.3 is 0 Å². The number of benzene rings is 1. The molecule has 1 unspecified atom stereocenters. The standard InChI is InChI=1S/C20H23N3O4S/c1-13-10-14(2)20(15(3)11-13)28(25,26)21-12-16(4)23-19(24)8-7-17(22-23)18-6-5-9-27-18/h5-11,16,21H,12H2,1-4H3. The van der Waals surface area contributed by atoms with Crippen LogP contribution in [-0.2, 0) is 10.0 Å². The molecule has 3 rings (SSSR count). The molecule has 0 fully saturated rings. The van der Waals surface area contributed by atoms with Gasteiger partial charge in [-0.2, -0.15) is 5.10 Å². The molecule has 1 atom stereocenters. The molecule has 2 heterocycles. The zero-order valence-electron chi connectivity index (χ0n) is 16.3. The molecule has 28 heavy (non-hydrogen) atoms. The van der Waals surface area contributed by atoms with Crippen LogP contribution in [0.2, 0.25) is 0 Å². The molecule has 2 aromatic heterocycles. The second kappa shape index (κ2) is 7.73. The summed E-state index contributed by atoms with van der Waals surface area (Å²) in [6.45, 7) is 7.24. The van der Waals surface area contributed by atoms with Crippen LogP contribution in [0.4, 0.5) is 0 Å². The van der Waals surface area contributed by atoms with E-state index in [1.807, 2.05) is 19.1 Å². The Labute approximate surface area is 164 Å². The van der Waals surface area contributed by atoms with Gasteiger partial charge in [-0.25, -0.2) is 17.8 Å². The lowest BCUT2D eigenvalue weighted by atomic mass is 10.1. The Hall–Kier alpha value is -2.71. The quantitative estimate of drug-likeness (QED) is 0.685. The number of hydrogen-bond acceptors (Lipinski definition) is 5. The Morgan fingerprint density at radius 3 is 2.43 bits per heavy atom. The second-order valence-corrected chi connectivity index (χ2v) is 8.61. The van der Waals surface area contributed by atoms with Gasteiger partial charge in [0.2, 0.25) is 10.0 Å². The van der Waals surface area contributed by atoms with Crippen LogP contribution < -0.4 is 10.3 Å². The van der Waals surface area contributed by atoms with E-state index in [1.54, 1.807) is 39.0 Å². The Morgan fingerprint density at radius 1 is 1.14 bits per heavy atom. The van der Waals surface area contributed by atoms with Crippen molar-refractivity contribution in [2.75, 3.05) is 6.54 Å². The predicted molar refractivity (Wildman–Crippen MR) is 107 cm³/mol. The van der Waals surface area contributed by atoms with E-state index in [1.165, 1.54) is 17.0 Å². The summed E-state index contributed by atoms with van der Waals surface area (Å²) in [4.78, 5) is 12.5. The van der Waals surface area contributed by atoms with Gasteiger partial charge in [0.05, 0.1) is 17.2 Å². The van der Waals surface area contributed by atoms with Gasteiger partial charge in [-0.05, 0) is 57.0 Å². The zero-order chi connectivity index (χ0) is 20.5. The van der Waals surface area contributed by atoms with Gasteiger partial charge in [-0.1, -0.05) is 17.7 Å². The first kappa shape index (κ1) is 20.0. The molecular weight excluding hydrogens is 378 g/mol. The summed E-state index contributed by atoms with van der Waals surface area (Å²) < 4.78 is 34.8. The molecule has 3 aromatic rings. The van der Waals surface area contributed by atoms with E-state index in [9.17, 15) is 13.2 Å². The lowest BCUT2D eigenvalue weighted by molar-refractivity contribution is 0.456. The van der Waals surface area contributed by atoms with Crippen LogP contribution >= 0.6 is 0 Å². The van der Waals surface area contributed by atoms with Crippen molar-refractivity contribution in [1.82, 2.24) is 14.5 Å². The molecule has 7 nitrogen and oxygen atoms in total. The molecule has 0 radical (unpaired) electrons. The number of rotatable bonds is 6. The lowest BCUT2D eigenvalue weighted by Gasteiger charge is -2.17. The summed E-state index contributed by atoms with van der Waals surface area (Å²) in [5.74, 6) is 0.535. The van der Waals surface area contributed by atoms with E-state index in [-0.39, 0.29) is 17.0 Å². The molecule has 0 aliphatic rings. The largest absolute Gasteiger partial charge is 0.463 e. The van der Waals surface area contributed by atoms with Crippen LogP contribution in [0, 0.1) is 20.8 Å². The first-order valence-electron chi connectivity index (χ1n) is 8.90. The van der Waals surface area contributed by atoms with Crippen LogP contribution in [0.15, 0.2) is 56.8 Å². The highest BCUT2D eigenvalue weighted by Crippen LogP contribution is 2.22. The minimum absolute atomic E-state index is 0.0314. The summed E-state index contributed by atoms with van der Waals surface area (Å²) in [6.07, 6.45) is 1.52. The SMILES string of the molecule is Cc1cc(C)c(S(=O)(=O)NCC(C)n2nc(-c3ccco3)ccc2=O)c(C)c1. The minimum Gasteiger partial charge on any atom is -0.463 e. The second-order valence-electron chi connectivity index (χ2n) is 6.91. The van der Waals surface area contributed by atoms with E-state index < -0.39 is 16.1 Å². The fraction of sp³-hybridized carbons (Fsp3) is 0.300. The molecule has 0 saturated heterocycles. The molecule has 0 aliphatic carbocycles. The summed E-state index contributed by atoms with van der Waals surface area (Å²) >= 11 is 0. The summed E-state index contributed by atoms with van der Waals surface area (Å²) in [5, 5.41) is 4.31. The average molecular weight is 401 g/mol. The molecule has 1 N–H and O–H groups in total. The summed E-state index contributed by atoms with van der Waals surface area (Å²) in [7, 11) is -3.72. The smallest absolute Gasteiger partial charge is 0.267 e. The highest BCUT2D eigenvalue weighted by Gasteiger charge is 2.21. The normalized spacial score (nSPS) is 12.9. The average Bonchev–Trinajstić information content (AvgIpc) is 3.13. The highest BCUT2D eigenvalue weighted by atomic mass is 32.2. The third-order valence-corrected chi connectivity index (χ3v) is 6.19. The van der Waals surface area contributed by atoms with E-state index >= 15 is 0 Å². The van der Waals surface area contributed by atoms with E-state index in [0.717, 1.165) is 5.56 Å². The third kappa shape index (κ3) is 4.07. The fourth-order valence-corrected chi connectivity index (χ4v) is 4.85. The minimum atomic E-state index is -3.72. The number of nitrogens with one attached hydrogen (secondary N) is 1. The van der Waals surface area contributed by atoms with Crippen LogP contribution in [0.5, 0.6) is 0 Å². The van der Waals surface area contributed by atoms with Crippen molar-refractivity contribution in [3.8, 4) is 11.5 Å². The summed E-state index contributed by atoms with van der Waals surface area (Å²) in [6, 6.07) is 9.64. The van der Waals surface area contributed by atoms with Gasteiger partial charge in [0.25, 0.3) is 5.56 Å². The van der Waals surface area contributed by atoms with Crippen molar-refractivity contribution in [2.24, 2.45) is 0 Å². The van der Waals surface area contributed by atoms with E-state index in [4.69, 9.17) is 4.42 Å². The van der Waals surface area contributed by atoms with Crippen molar-refractivity contribution in [2.45, 2.75) is 38.6 Å². The van der Waals surface area contributed by atoms with E-state index in [0.29, 0.717) is 22.6 Å². The van der Waals surface area contributed by atoms with Crippen molar-refractivity contribution in [1.29, 1.82) is 0 Å². The van der Waals surface area contributed by atoms with Gasteiger partial charge < -0.3 is 4.42 Å². The predicted octanol–water partition coefficient (Wildman–Crippen LogP) is 2.97. The number of hydrogen-bond donors (Lipinski definition) is 1. The molecule has 8 heteroatoms. The molecule has 0 aliphatic heterocycles. The van der Waals surface area contributed by atoms with Gasteiger partial charge in [-0.15, -0.1) is 0 Å². The number of sulfonamides is 1. The van der Waals surface area contributed by atoms with Crippen molar-refractivity contribution < 1.29 is 12.8 Å².